The summed E-state index contributed by atoms with van der Waals surface area (Å²) < 4.78 is 1.86. The zero-order chi connectivity index (χ0) is 13.2. The molecular formula is C14H15N5. The molecule has 2 heterocycles. The lowest BCUT2D eigenvalue weighted by molar-refractivity contribution is 0.720. The van der Waals surface area contributed by atoms with Crippen molar-refractivity contribution in [1.29, 1.82) is 0 Å². The zero-order valence-electron chi connectivity index (χ0n) is 10.7. The summed E-state index contributed by atoms with van der Waals surface area (Å²) >= 11 is 0. The van der Waals surface area contributed by atoms with Crippen LogP contribution in [0.3, 0.4) is 0 Å². The highest BCUT2D eigenvalue weighted by Crippen LogP contribution is 2.23. The Balaban J connectivity index is 1.91. The number of nitrogen functional groups attached to an aromatic ring is 1. The lowest BCUT2D eigenvalue weighted by Gasteiger charge is -2.10. The average Bonchev–Trinajstić information content (AvgIpc) is 2.81. The number of benzene rings is 1. The fourth-order valence-electron chi connectivity index (χ4n) is 2.08. The summed E-state index contributed by atoms with van der Waals surface area (Å²) in [4.78, 5) is 4.33. The molecule has 0 fully saturated rings. The van der Waals surface area contributed by atoms with E-state index in [0.717, 1.165) is 34.5 Å². The molecule has 2 aromatic heterocycles. The number of hydrogen-bond acceptors (Lipinski definition) is 4. The van der Waals surface area contributed by atoms with Crippen LogP contribution in [0.25, 0.3) is 10.9 Å². The molecular weight excluding hydrogens is 238 g/mol. The van der Waals surface area contributed by atoms with Crippen LogP contribution in [0, 0.1) is 0 Å². The van der Waals surface area contributed by atoms with Gasteiger partial charge in [0.15, 0.2) is 0 Å². The van der Waals surface area contributed by atoms with Gasteiger partial charge >= 0.3 is 0 Å². The van der Waals surface area contributed by atoms with Crippen molar-refractivity contribution in [2.24, 2.45) is 7.05 Å². The Hall–Kier alpha value is -2.56. The second-order valence-corrected chi connectivity index (χ2v) is 4.43. The summed E-state index contributed by atoms with van der Waals surface area (Å²) in [6.45, 7) is 0.722. The maximum atomic E-state index is 5.77. The van der Waals surface area contributed by atoms with E-state index < -0.39 is 0 Å². The topological polar surface area (TPSA) is 68.8 Å². The Bertz CT molecular complexity index is 717. The van der Waals surface area contributed by atoms with Gasteiger partial charge in [-0.1, -0.05) is 0 Å². The van der Waals surface area contributed by atoms with Gasteiger partial charge in [0.2, 0.25) is 0 Å². The molecule has 5 heteroatoms. The summed E-state index contributed by atoms with van der Waals surface area (Å²) in [7, 11) is 1.93. The minimum Gasteiger partial charge on any atom is -0.399 e. The molecule has 0 atom stereocenters. The van der Waals surface area contributed by atoms with Crippen LogP contribution in [0.1, 0.15) is 5.69 Å². The number of nitrogens with one attached hydrogen (secondary N) is 1. The molecule has 0 radical (unpaired) electrons. The van der Waals surface area contributed by atoms with Crippen LogP contribution in [0.2, 0.25) is 0 Å². The van der Waals surface area contributed by atoms with Crippen molar-refractivity contribution in [2.75, 3.05) is 11.1 Å². The van der Waals surface area contributed by atoms with Crippen LogP contribution < -0.4 is 11.1 Å². The predicted octanol–water partition coefficient (Wildman–Crippen LogP) is 2.16. The number of aromatic nitrogens is 3. The molecule has 0 saturated heterocycles. The van der Waals surface area contributed by atoms with Crippen molar-refractivity contribution in [3.05, 3.63) is 48.4 Å². The van der Waals surface area contributed by atoms with E-state index in [1.54, 1.807) is 12.4 Å². The highest BCUT2D eigenvalue weighted by Gasteiger charge is 2.03. The number of aryl methyl sites for hydroxylation is 1. The molecule has 0 bridgehead atoms. The first-order valence-electron chi connectivity index (χ1n) is 6.09. The van der Waals surface area contributed by atoms with E-state index >= 15 is 0 Å². The molecule has 0 unspecified atom stereocenters. The summed E-state index contributed by atoms with van der Waals surface area (Å²) in [5, 5.41) is 8.63. The van der Waals surface area contributed by atoms with Crippen LogP contribution in [0.4, 0.5) is 11.4 Å². The van der Waals surface area contributed by atoms with E-state index in [9.17, 15) is 0 Å². The summed E-state index contributed by atoms with van der Waals surface area (Å²) in [6, 6.07) is 9.72. The Kier molecular flexibility index (Phi) is 2.79. The third-order valence-electron chi connectivity index (χ3n) is 3.15. The fraction of sp³-hybridized carbons (Fsp3) is 0.143. The molecule has 0 aliphatic rings. The maximum absolute atomic E-state index is 5.77. The van der Waals surface area contributed by atoms with Crippen LogP contribution >= 0.6 is 0 Å². The standard InChI is InChI=1S/C14H15N5/c1-19-11(4-7-18-19)9-17-13-5-6-16-14-8-10(15)2-3-12(13)14/h2-8H,9,15H2,1H3,(H,16,17). The third-order valence-corrected chi connectivity index (χ3v) is 3.15. The van der Waals surface area contributed by atoms with Crippen LogP contribution in [-0.4, -0.2) is 14.8 Å². The van der Waals surface area contributed by atoms with Crippen LogP contribution in [-0.2, 0) is 13.6 Å². The van der Waals surface area contributed by atoms with Crippen molar-refractivity contribution in [3.8, 4) is 0 Å². The highest BCUT2D eigenvalue weighted by molar-refractivity contribution is 5.92. The van der Waals surface area contributed by atoms with Crippen LogP contribution in [0.15, 0.2) is 42.7 Å². The van der Waals surface area contributed by atoms with Crippen LogP contribution in [0.5, 0.6) is 0 Å². The predicted molar refractivity (Wildman–Crippen MR) is 76.7 cm³/mol. The Morgan fingerprint density at radius 3 is 2.89 bits per heavy atom. The minimum absolute atomic E-state index is 0.722. The van der Waals surface area contributed by atoms with Gasteiger partial charge in [-0.2, -0.15) is 5.10 Å². The molecule has 3 aromatic rings. The van der Waals surface area contributed by atoms with E-state index in [1.165, 1.54) is 0 Å². The first-order chi connectivity index (χ1) is 9.24. The molecule has 0 saturated carbocycles. The van der Waals surface area contributed by atoms with E-state index in [4.69, 9.17) is 5.73 Å². The number of nitrogens with two attached hydrogens (primary N) is 1. The van der Waals surface area contributed by atoms with E-state index in [-0.39, 0.29) is 0 Å². The number of anilines is 2. The molecule has 96 valence electrons. The molecule has 0 aliphatic carbocycles. The Labute approximate surface area is 111 Å². The minimum atomic E-state index is 0.722. The van der Waals surface area contributed by atoms with Gasteiger partial charge in [-0.25, -0.2) is 0 Å². The van der Waals surface area contributed by atoms with Gasteiger partial charge in [0.1, 0.15) is 0 Å². The molecule has 1 aromatic carbocycles. The molecule has 0 amide bonds. The number of rotatable bonds is 3. The molecule has 3 rings (SSSR count). The SMILES string of the molecule is Cn1nccc1CNc1ccnc2cc(N)ccc12. The second-order valence-electron chi connectivity index (χ2n) is 4.43. The molecule has 19 heavy (non-hydrogen) atoms. The van der Waals surface area contributed by atoms with Gasteiger partial charge in [0.05, 0.1) is 17.8 Å². The number of fused-ring (bicyclic) bond motifs is 1. The smallest absolute Gasteiger partial charge is 0.0743 e. The monoisotopic (exact) mass is 253 g/mol. The maximum Gasteiger partial charge on any atom is 0.0743 e. The van der Waals surface area contributed by atoms with Gasteiger partial charge in [-0.05, 0) is 30.3 Å². The summed E-state index contributed by atoms with van der Waals surface area (Å²) in [6.07, 6.45) is 3.58. The van der Waals surface area contributed by atoms with E-state index in [2.05, 4.69) is 15.4 Å². The van der Waals surface area contributed by atoms with Gasteiger partial charge in [0, 0.05) is 36.2 Å². The van der Waals surface area contributed by atoms with E-state index in [1.807, 2.05) is 42.1 Å². The Morgan fingerprint density at radius 1 is 1.21 bits per heavy atom. The molecule has 5 nitrogen and oxygen atoms in total. The summed E-state index contributed by atoms with van der Waals surface area (Å²) in [5.41, 5.74) is 9.57. The highest BCUT2D eigenvalue weighted by atomic mass is 15.3. The van der Waals surface area contributed by atoms with Crippen molar-refractivity contribution in [2.45, 2.75) is 6.54 Å². The number of nitrogens with zero attached hydrogens (tertiary/aromatic N) is 3. The Morgan fingerprint density at radius 2 is 2.11 bits per heavy atom. The van der Waals surface area contributed by atoms with Gasteiger partial charge in [-0.3, -0.25) is 9.67 Å². The fourth-order valence-corrected chi connectivity index (χ4v) is 2.08. The average molecular weight is 253 g/mol. The van der Waals surface area contributed by atoms with Gasteiger partial charge in [0.25, 0.3) is 0 Å². The third kappa shape index (κ3) is 2.22. The normalized spacial score (nSPS) is 10.8. The number of hydrogen-bond donors (Lipinski definition) is 2. The van der Waals surface area contributed by atoms with Crippen molar-refractivity contribution >= 4 is 22.3 Å². The zero-order valence-corrected chi connectivity index (χ0v) is 10.7. The van der Waals surface area contributed by atoms with Crippen molar-refractivity contribution in [1.82, 2.24) is 14.8 Å². The van der Waals surface area contributed by atoms with Crippen molar-refractivity contribution < 1.29 is 0 Å². The molecule has 3 N–H and O–H groups in total. The lowest BCUT2D eigenvalue weighted by Crippen LogP contribution is -2.05. The van der Waals surface area contributed by atoms with E-state index in [0.29, 0.717) is 0 Å². The number of pyridine rings is 1. The largest absolute Gasteiger partial charge is 0.399 e. The summed E-state index contributed by atoms with van der Waals surface area (Å²) in [5.74, 6) is 0. The first-order valence-corrected chi connectivity index (χ1v) is 6.09. The quantitative estimate of drug-likeness (QED) is 0.702. The molecule has 0 aliphatic heterocycles. The van der Waals surface area contributed by atoms with Crippen molar-refractivity contribution in [3.63, 3.8) is 0 Å². The van der Waals surface area contributed by atoms with Gasteiger partial charge in [-0.15, -0.1) is 0 Å². The molecule has 0 spiro atoms. The van der Waals surface area contributed by atoms with Gasteiger partial charge < -0.3 is 11.1 Å². The first kappa shape index (κ1) is 11.5. The lowest BCUT2D eigenvalue weighted by atomic mass is 10.1. The second kappa shape index (κ2) is 4.61.